The van der Waals surface area contributed by atoms with Crippen molar-refractivity contribution >= 4 is 22.4 Å². The maximum atomic E-state index is 13.4. The molecule has 0 aliphatic carbocycles. The van der Waals surface area contributed by atoms with E-state index < -0.39 is 17.8 Å². The van der Waals surface area contributed by atoms with Gasteiger partial charge in [-0.2, -0.15) is 18.3 Å². The van der Waals surface area contributed by atoms with Crippen molar-refractivity contribution in [2.75, 3.05) is 36.9 Å². The molecular weight excluding hydrogens is 441 g/mol. The second-order valence-electron chi connectivity index (χ2n) is 9.09. The molecule has 1 saturated heterocycles. The summed E-state index contributed by atoms with van der Waals surface area (Å²) in [4.78, 5) is 9.36. The summed E-state index contributed by atoms with van der Waals surface area (Å²) in [5.41, 5.74) is 0.923. The first-order chi connectivity index (χ1) is 16.1. The number of nitrogens with zero attached hydrogens (tertiary/aromatic N) is 5. The Labute approximate surface area is 198 Å². The molecule has 4 rings (SSSR count). The third kappa shape index (κ3) is 4.66. The predicted molar refractivity (Wildman–Crippen MR) is 129 cm³/mol. The van der Waals surface area contributed by atoms with Crippen LogP contribution in [-0.2, 0) is 6.18 Å². The van der Waals surface area contributed by atoms with E-state index in [1.807, 2.05) is 26.1 Å². The van der Waals surface area contributed by atoms with Crippen molar-refractivity contribution in [3.8, 4) is 0 Å². The number of fused-ring (bicyclic) bond motifs is 1. The lowest BCUT2D eigenvalue weighted by molar-refractivity contribution is -0.138. The van der Waals surface area contributed by atoms with Crippen molar-refractivity contribution in [1.29, 1.82) is 0 Å². The highest BCUT2D eigenvalue weighted by Crippen LogP contribution is 2.36. The molecule has 3 heterocycles. The largest absolute Gasteiger partial charge is 0.416 e. The highest BCUT2D eigenvalue weighted by molar-refractivity contribution is 5.94. The van der Waals surface area contributed by atoms with Crippen molar-refractivity contribution in [2.45, 2.75) is 52.4 Å². The molecule has 0 saturated carbocycles. The number of rotatable bonds is 5. The molecule has 9 heteroatoms. The van der Waals surface area contributed by atoms with Gasteiger partial charge in [-0.15, -0.1) is 5.10 Å². The number of halogens is 3. The molecule has 1 aliphatic rings. The lowest BCUT2D eigenvalue weighted by Gasteiger charge is -2.39. The number of hydrogen-bond acceptors (Lipinski definition) is 6. The van der Waals surface area contributed by atoms with Crippen LogP contribution in [0.4, 0.5) is 24.8 Å². The highest BCUT2D eigenvalue weighted by Gasteiger charge is 2.33. The lowest BCUT2D eigenvalue weighted by Crippen LogP contribution is -2.51. The van der Waals surface area contributed by atoms with Gasteiger partial charge in [-0.25, -0.2) is 4.98 Å². The van der Waals surface area contributed by atoms with Gasteiger partial charge in [0.05, 0.1) is 17.3 Å². The summed E-state index contributed by atoms with van der Waals surface area (Å²) in [5.74, 6) is 1.41. The maximum absolute atomic E-state index is 13.4. The number of alkyl halides is 3. The van der Waals surface area contributed by atoms with Crippen LogP contribution < -0.4 is 10.2 Å². The number of hydrogen-bond donors (Lipinski definition) is 1. The Bertz CT molecular complexity index is 1180. The molecule has 182 valence electrons. The number of nitrogens with one attached hydrogen (secondary N) is 1. The maximum Gasteiger partial charge on any atom is 0.416 e. The molecule has 0 radical (unpaired) electrons. The summed E-state index contributed by atoms with van der Waals surface area (Å²) in [7, 11) is 2.15. The van der Waals surface area contributed by atoms with Gasteiger partial charge in [-0.1, -0.05) is 19.1 Å². The molecule has 2 aromatic heterocycles. The molecule has 34 heavy (non-hydrogen) atoms. The van der Waals surface area contributed by atoms with E-state index in [0.717, 1.165) is 54.4 Å². The smallest absolute Gasteiger partial charge is 0.362 e. The van der Waals surface area contributed by atoms with Gasteiger partial charge in [0, 0.05) is 42.6 Å². The number of piperazine rings is 1. The van der Waals surface area contributed by atoms with Crippen LogP contribution in [0.25, 0.3) is 10.8 Å². The van der Waals surface area contributed by atoms with E-state index in [1.54, 1.807) is 6.07 Å². The fraction of sp³-hybridized carbons (Fsp3) is 0.480. The Balaban J connectivity index is 1.68. The Hall–Kier alpha value is -2.94. The van der Waals surface area contributed by atoms with Crippen LogP contribution in [0.5, 0.6) is 0 Å². The first-order valence-electron chi connectivity index (χ1n) is 11.6. The zero-order valence-electron chi connectivity index (χ0n) is 20.2. The van der Waals surface area contributed by atoms with Crippen LogP contribution in [0.1, 0.15) is 48.7 Å². The minimum atomic E-state index is -4.39. The number of aromatic nitrogens is 3. The normalized spacial score (nSPS) is 18.4. The van der Waals surface area contributed by atoms with E-state index in [4.69, 9.17) is 4.98 Å². The van der Waals surface area contributed by atoms with E-state index >= 15 is 0 Å². The summed E-state index contributed by atoms with van der Waals surface area (Å²) in [6, 6.07) is 6.36. The van der Waals surface area contributed by atoms with E-state index in [0.29, 0.717) is 17.4 Å². The van der Waals surface area contributed by atoms with Crippen LogP contribution in [0.15, 0.2) is 30.5 Å². The Morgan fingerprint density at radius 1 is 1.15 bits per heavy atom. The second kappa shape index (κ2) is 9.37. The van der Waals surface area contributed by atoms with Crippen LogP contribution >= 0.6 is 0 Å². The fourth-order valence-electron chi connectivity index (χ4n) is 4.75. The summed E-state index contributed by atoms with van der Waals surface area (Å²) in [6.07, 6.45) is -1.51. The van der Waals surface area contributed by atoms with Gasteiger partial charge >= 0.3 is 6.18 Å². The van der Waals surface area contributed by atoms with Gasteiger partial charge in [-0.3, -0.25) is 4.90 Å². The molecule has 1 aromatic carbocycles. The van der Waals surface area contributed by atoms with Crippen LogP contribution in [-0.4, -0.2) is 52.8 Å². The molecule has 1 aliphatic heterocycles. The average molecular weight is 473 g/mol. The summed E-state index contributed by atoms with van der Waals surface area (Å²) in [6.45, 7) is 10.2. The number of likely N-dealkylation sites (N-methyl/N-ethyl adjacent to an activating group) is 1. The third-order valence-electron chi connectivity index (χ3n) is 6.91. The minimum Gasteiger partial charge on any atom is -0.362 e. The molecule has 0 bridgehead atoms. The standard InChI is InChI=1S/C25H31F3N6/c1-6-18-14-34(11-10-33(18)5)23-12-20-21(13-29-23)17(4)31-32-24(20)30-16(3)19-8-7-9-22(15(19)2)25(26,27)28/h7-9,12-13,16,18H,6,10-11,14H2,1-5H3,(H,30,32)/t16-,18-/m1/s1. The van der Waals surface area contributed by atoms with Gasteiger partial charge in [0.1, 0.15) is 5.82 Å². The molecule has 6 nitrogen and oxygen atoms in total. The van der Waals surface area contributed by atoms with Gasteiger partial charge in [0.15, 0.2) is 5.82 Å². The molecule has 2 atom stereocenters. The average Bonchev–Trinajstić information content (AvgIpc) is 2.80. The highest BCUT2D eigenvalue weighted by atomic mass is 19.4. The fourth-order valence-corrected chi connectivity index (χ4v) is 4.75. The van der Waals surface area contributed by atoms with Crippen LogP contribution in [0.3, 0.4) is 0 Å². The van der Waals surface area contributed by atoms with Crippen LogP contribution in [0.2, 0.25) is 0 Å². The minimum absolute atomic E-state index is 0.213. The second-order valence-corrected chi connectivity index (χ2v) is 9.09. The molecule has 0 unspecified atom stereocenters. The summed E-state index contributed by atoms with van der Waals surface area (Å²) >= 11 is 0. The Kier molecular flexibility index (Phi) is 6.66. The monoisotopic (exact) mass is 472 g/mol. The molecule has 0 spiro atoms. The quantitative estimate of drug-likeness (QED) is 0.539. The number of anilines is 2. The van der Waals surface area contributed by atoms with Crippen molar-refractivity contribution in [1.82, 2.24) is 20.1 Å². The SMILES string of the molecule is CC[C@@H]1CN(c2cc3c(N[C@H](C)c4cccc(C(F)(F)F)c4C)nnc(C)c3cn2)CCN1C. The Morgan fingerprint density at radius 3 is 2.62 bits per heavy atom. The molecule has 1 fully saturated rings. The van der Waals surface area contributed by atoms with Crippen molar-refractivity contribution in [3.05, 3.63) is 52.8 Å². The van der Waals surface area contributed by atoms with Gasteiger partial charge in [-0.05, 0) is 57.5 Å². The predicted octanol–water partition coefficient (Wildman–Crippen LogP) is 5.36. The molecular formula is C25H31F3N6. The lowest BCUT2D eigenvalue weighted by atomic mass is 9.97. The third-order valence-corrected chi connectivity index (χ3v) is 6.91. The zero-order chi connectivity index (χ0) is 24.6. The number of aryl methyl sites for hydroxylation is 1. The van der Waals surface area contributed by atoms with E-state index in [1.165, 1.54) is 13.0 Å². The van der Waals surface area contributed by atoms with Crippen molar-refractivity contribution in [2.24, 2.45) is 0 Å². The van der Waals surface area contributed by atoms with E-state index in [9.17, 15) is 13.2 Å². The number of benzene rings is 1. The van der Waals surface area contributed by atoms with E-state index in [2.05, 4.69) is 39.3 Å². The Morgan fingerprint density at radius 2 is 1.91 bits per heavy atom. The summed E-state index contributed by atoms with van der Waals surface area (Å²) in [5, 5.41) is 13.7. The van der Waals surface area contributed by atoms with Gasteiger partial charge in [0.2, 0.25) is 0 Å². The van der Waals surface area contributed by atoms with Crippen molar-refractivity contribution in [3.63, 3.8) is 0 Å². The molecule has 1 N–H and O–H groups in total. The zero-order valence-corrected chi connectivity index (χ0v) is 20.2. The van der Waals surface area contributed by atoms with Crippen molar-refractivity contribution < 1.29 is 13.2 Å². The first-order valence-corrected chi connectivity index (χ1v) is 11.6. The van der Waals surface area contributed by atoms with Crippen LogP contribution in [0, 0.1) is 13.8 Å². The summed E-state index contributed by atoms with van der Waals surface area (Å²) < 4.78 is 40.2. The topological polar surface area (TPSA) is 57.2 Å². The molecule has 0 amide bonds. The van der Waals surface area contributed by atoms with Gasteiger partial charge in [0.25, 0.3) is 0 Å². The first kappa shape index (κ1) is 24.2. The van der Waals surface area contributed by atoms with E-state index in [-0.39, 0.29) is 5.56 Å². The number of pyridine rings is 1. The molecule has 3 aromatic rings. The van der Waals surface area contributed by atoms with Gasteiger partial charge < -0.3 is 10.2 Å².